The van der Waals surface area contributed by atoms with Crippen molar-refractivity contribution in [1.29, 1.82) is 0 Å². The number of aryl methyl sites for hydroxylation is 1. The van der Waals surface area contributed by atoms with Crippen LogP contribution in [-0.2, 0) is 4.74 Å². The molecule has 3 rings (SSSR count). The molecule has 31 heavy (non-hydrogen) atoms. The van der Waals surface area contributed by atoms with E-state index in [-0.39, 0.29) is 18.3 Å². The third-order valence-corrected chi connectivity index (χ3v) is 6.10. The zero-order chi connectivity index (χ0) is 22.2. The highest BCUT2D eigenvalue weighted by molar-refractivity contribution is 5.67. The molecule has 0 saturated heterocycles. The second-order valence-electron chi connectivity index (χ2n) is 8.62. The summed E-state index contributed by atoms with van der Waals surface area (Å²) in [6, 6.07) is 3.80. The number of pyridine rings is 1. The summed E-state index contributed by atoms with van der Waals surface area (Å²) in [5, 5.41) is 4.27. The van der Waals surface area contributed by atoms with Crippen LogP contribution in [0.5, 0.6) is 5.75 Å². The molecule has 1 heterocycles. The number of ether oxygens (including phenoxy) is 2. The van der Waals surface area contributed by atoms with Crippen LogP contribution >= 0.6 is 0 Å². The summed E-state index contributed by atoms with van der Waals surface area (Å²) in [5.74, 6) is 6.82. The van der Waals surface area contributed by atoms with E-state index in [1.54, 1.807) is 7.05 Å². The Hall–Kier alpha value is -2.48. The van der Waals surface area contributed by atoms with E-state index >= 15 is 0 Å². The van der Waals surface area contributed by atoms with Gasteiger partial charge in [0, 0.05) is 20.0 Å². The second-order valence-corrected chi connectivity index (χ2v) is 8.62. The van der Waals surface area contributed by atoms with Gasteiger partial charge in [0.15, 0.2) is 0 Å². The molecule has 172 valence electrons. The summed E-state index contributed by atoms with van der Waals surface area (Å²) in [6.07, 6.45) is 10.5. The molecule has 8 nitrogen and oxygen atoms in total. The minimum Gasteiger partial charge on any atom is -0.489 e. The van der Waals surface area contributed by atoms with Gasteiger partial charge < -0.3 is 25.5 Å². The number of hydrogen-bond donors (Lipinski definition) is 3. The van der Waals surface area contributed by atoms with E-state index in [4.69, 9.17) is 21.1 Å². The first-order valence-electron chi connectivity index (χ1n) is 11.5. The molecule has 2 aliphatic rings. The molecule has 0 spiro atoms. The van der Waals surface area contributed by atoms with Crippen LogP contribution in [0.3, 0.4) is 0 Å². The number of amides is 1. The molecule has 0 unspecified atom stereocenters. The van der Waals surface area contributed by atoms with Gasteiger partial charge in [-0.1, -0.05) is 6.42 Å². The largest absolute Gasteiger partial charge is 0.489 e. The van der Waals surface area contributed by atoms with Crippen molar-refractivity contribution in [1.82, 2.24) is 15.3 Å². The van der Waals surface area contributed by atoms with E-state index in [2.05, 4.69) is 10.3 Å². The maximum absolute atomic E-state index is 12.0. The first-order chi connectivity index (χ1) is 14.9. The number of carbonyl (C=O) groups excluding carboxylic acids is 1. The van der Waals surface area contributed by atoms with Crippen molar-refractivity contribution in [3.8, 4) is 5.75 Å². The molecule has 1 amide bonds. The number of nitrogens with zero attached hydrogens (tertiary/aromatic N) is 2. The topological polar surface area (TPSA) is 116 Å². The first kappa shape index (κ1) is 23.2. The molecule has 8 heteroatoms. The maximum Gasteiger partial charge on any atom is 0.407 e. The van der Waals surface area contributed by atoms with Crippen LogP contribution in [0, 0.1) is 6.92 Å². The fourth-order valence-corrected chi connectivity index (χ4v) is 4.32. The molecule has 0 radical (unpaired) electrons. The molecule has 2 fully saturated rings. The Morgan fingerprint density at radius 2 is 1.77 bits per heavy atom. The Morgan fingerprint density at radius 3 is 2.42 bits per heavy atom. The van der Waals surface area contributed by atoms with Crippen molar-refractivity contribution >= 4 is 11.8 Å². The number of hydrogen-bond acceptors (Lipinski definition) is 7. The summed E-state index contributed by atoms with van der Waals surface area (Å²) >= 11 is 0. The van der Waals surface area contributed by atoms with E-state index < -0.39 is 0 Å². The van der Waals surface area contributed by atoms with E-state index in [9.17, 15) is 4.79 Å². The van der Waals surface area contributed by atoms with Crippen LogP contribution in [0.4, 0.5) is 4.79 Å². The normalized spacial score (nSPS) is 18.4. The minimum atomic E-state index is -0.386. The van der Waals surface area contributed by atoms with Gasteiger partial charge in [-0.05, 0) is 70.4 Å². The van der Waals surface area contributed by atoms with Gasteiger partial charge in [-0.15, -0.1) is 0 Å². The lowest BCUT2D eigenvalue weighted by Crippen LogP contribution is -2.33. The lowest BCUT2D eigenvalue weighted by Gasteiger charge is -2.24. The number of rotatable bonds is 8. The lowest BCUT2D eigenvalue weighted by atomic mass is 9.98. The molecule has 5 N–H and O–H groups in total. The number of carbonyl (C=O) groups is 1. The molecule has 0 aliphatic heterocycles. The van der Waals surface area contributed by atoms with Gasteiger partial charge in [0.2, 0.25) is 0 Å². The van der Waals surface area contributed by atoms with E-state index in [1.807, 2.05) is 19.1 Å². The zero-order valence-corrected chi connectivity index (χ0v) is 18.9. The minimum absolute atomic E-state index is 0.0405. The van der Waals surface area contributed by atoms with Gasteiger partial charge in [0.1, 0.15) is 11.9 Å². The van der Waals surface area contributed by atoms with Crippen molar-refractivity contribution in [2.45, 2.75) is 83.3 Å². The maximum atomic E-state index is 12.0. The number of aromatic nitrogens is 1. The van der Waals surface area contributed by atoms with Crippen LogP contribution in [0.25, 0.3) is 5.70 Å². The van der Waals surface area contributed by atoms with Gasteiger partial charge in [0.25, 0.3) is 0 Å². The average Bonchev–Trinajstić information content (AvgIpc) is 3.25. The molecule has 1 aromatic heterocycles. The van der Waals surface area contributed by atoms with E-state index in [0.29, 0.717) is 30.1 Å². The Morgan fingerprint density at radius 1 is 1.13 bits per heavy atom. The zero-order valence-electron chi connectivity index (χ0n) is 18.9. The Labute approximate surface area is 185 Å². The number of alkyl carbamates (subject to hydrolysis) is 1. The van der Waals surface area contributed by atoms with Crippen LogP contribution < -0.4 is 21.6 Å². The molecular weight excluding hydrogens is 394 g/mol. The van der Waals surface area contributed by atoms with Crippen molar-refractivity contribution in [2.75, 3.05) is 13.6 Å². The summed E-state index contributed by atoms with van der Waals surface area (Å²) in [7, 11) is 1.73. The molecule has 0 bridgehead atoms. The molecule has 0 atom stereocenters. The number of hydrazine groups is 1. The second kappa shape index (κ2) is 11.2. The van der Waals surface area contributed by atoms with Gasteiger partial charge in [0.05, 0.1) is 28.9 Å². The molecule has 2 aliphatic carbocycles. The molecular formula is C23H37N5O3. The highest BCUT2D eigenvalue weighted by Crippen LogP contribution is 2.26. The lowest BCUT2D eigenvalue weighted by molar-refractivity contribution is 0.101. The SMILES string of the molecule is Cc1nc(/C(N)=C(\CCNC(=O)OC2CCCC2)N(C)N)ccc1OC1CCCCC1. The summed E-state index contributed by atoms with van der Waals surface area (Å²) in [6.45, 7) is 2.31. The van der Waals surface area contributed by atoms with E-state index in [0.717, 1.165) is 50.0 Å². The number of nitrogens with one attached hydrogen (secondary N) is 1. The van der Waals surface area contributed by atoms with Gasteiger partial charge in [-0.3, -0.25) is 0 Å². The predicted molar refractivity (Wildman–Crippen MR) is 121 cm³/mol. The van der Waals surface area contributed by atoms with Crippen molar-refractivity contribution in [3.05, 3.63) is 29.2 Å². The van der Waals surface area contributed by atoms with Crippen LogP contribution in [0.15, 0.2) is 17.8 Å². The molecule has 1 aromatic rings. The fourth-order valence-electron chi connectivity index (χ4n) is 4.32. The highest BCUT2D eigenvalue weighted by atomic mass is 16.6. The smallest absolute Gasteiger partial charge is 0.407 e. The Bertz CT molecular complexity index is 768. The predicted octanol–water partition coefficient (Wildman–Crippen LogP) is 3.59. The van der Waals surface area contributed by atoms with E-state index in [1.165, 1.54) is 24.3 Å². The van der Waals surface area contributed by atoms with Crippen LogP contribution in [-0.4, -0.2) is 41.9 Å². The number of nitrogens with two attached hydrogens (primary N) is 2. The highest BCUT2D eigenvalue weighted by Gasteiger charge is 2.20. The van der Waals surface area contributed by atoms with Crippen molar-refractivity contribution < 1.29 is 14.3 Å². The van der Waals surface area contributed by atoms with Gasteiger partial charge >= 0.3 is 6.09 Å². The summed E-state index contributed by atoms with van der Waals surface area (Å²) < 4.78 is 11.6. The fraction of sp³-hybridized carbons (Fsp3) is 0.652. The molecule has 2 saturated carbocycles. The van der Waals surface area contributed by atoms with Crippen LogP contribution in [0.1, 0.15) is 75.6 Å². The van der Waals surface area contributed by atoms with Gasteiger partial charge in [-0.2, -0.15) is 0 Å². The quantitative estimate of drug-likeness (QED) is 0.425. The Balaban J connectivity index is 1.60. The molecule has 0 aromatic carbocycles. The monoisotopic (exact) mass is 431 g/mol. The summed E-state index contributed by atoms with van der Waals surface area (Å²) in [4.78, 5) is 16.6. The Kier molecular flexibility index (Phi) is 8.40. The summed E-state index contributed by atoms with van der Waals surface area (Å²) in [5.41, 5.74) is 9.05. The van der Waals surface area contributed by atoms with Crippen molar-refractivity contribution in [2.24, 2.45) is 11.6 Å². The van der Waals surface area contributed by atoms with Gasteiger partial charge in [-0.25, -0.2) is 15.6 Å². The first-order valence-corrected chi connectivity index (χ1v) is 11.5. The van der Waals surface area contributed by atoms with Crippen molar-refractivity contribution in [3.63, 3.8) is 0 Å². The standard InChI is InChI=1S/C23H37N5O3/c1-16-21(30-17-8-4-3-5-9-17)13-12-19(27-16)22(24)20(28(2)25)14-15-26-23(29)31-18-10-6-7-11-18/h12-13,17-18H,3-11,14-15,24-25H2,1-2H3,(H,26,29)/b22-20-. The van der Waals surface area contributed by atoms with Crippen LogP contribution in [0.2, 0.25) is 0 Å². The third-order valence-electron chi connectivity index (χ3n) is 6.10. The average molecular weight is 432 g/mol. The third kappa shape index (κ3) is 6.75.